The highest BCUT2D eigenvalue weighted by Crippen LogP contribution is 2.34. The zero-order valence-electron chi connectivity index (χ0n) is 17.9. The zero-order chi connectivity index (χ0) is 22.7. The van der Waals surface area contributed by atoms with E-state index < -0.39 is 10.0 Å². The SMILES string of the molecule is COc1ccc(OC)c(S(=O)(=O)Nc2ccc3c(c2)N(C(=O)c2ccccc2)CCC3)c1. The number of methoxy groups -OCH3 is 2. The van der Waals surface area contributed by atoms with Gasteiger partial charge in [0.25, 0.3) is 15.9 Å². The van der Waals surface area contributed by atoms with Gasteiger partial charge in [0.05, 0.1) is 19.9 Å². The van der Waals surface area contributed by atoms with Gasteiger partial charge in [-0.15, -0.1) is 0 Å². The fourth-order valence-corrected chi connectivity index (χ4v) is 5.02. The Morgan fingerprint density at radius 1 is 0.969 bits per heavy atom. The molecule has 1 aliphatic rings. The van der Waals surface area contributed by atoms with Crippen molar-refractivity contribution in [2.24, 2.45) is 0 Å². The molecular formula is C24H24N2O5S. The number of benzene rings is 3. The highest BCUT2D eigenvalue weighted by Gasteiger charge is 2.26. The third kappa shape index (κ3) is 4.27. The highest BCUT2D eigenvalue weighted by atomic mass is 32.2. The van der Waals surface area contributed by atoms with E-state index in [4.69, 9.17) is 9.47 Å². The molecule has 0 unspecified atom stereocenters. The number of anilines is 2. The molecular weight excluding hydrogens is 428 g/mol. The highest BCUT2D eigenvalue weighted by molar-refractivity contribution is 7.92. The Hall–Kier alpha value is -3.52. The van der Waals surface area contributed by atoms with Gasteiger partial charge >= 0.3 is 0 Å². The predicted octanol–water partition coefficient (Wildman–Crippen LogP) is 4.10. The monoisotopic (exact) mass is 452 g/mol. The second kappa shape index (κ2) is 8.92. The summed E-state index contributed by atoms with van der Waals surface area (Å²) in [6, 6.07) is 18.9. The molecule has 3 aromatic rings. The van der Waals surface area contributed by atoms with Crippen LogP contribution >= 0.6 is 0 Å². The van der Waals surface area contributed by atoms with Crippen LogP contribution in [0.2, 0.25) is 0 Å². The molecule has 166 valence electrons. The number of carbonyl (C=O) groups excluding carboxylic acids is 1. The van der Waals surface area contributed by atoms with Crippen LogP contribution in [0.5, 0.6) is 11.5 Å². The second-order valence-corrected chi connectivity index (χ2v) is 9.04. The van der Waals surface area contributed by atoms with Crippen molar-refractivity contribution in [3.8, 4) is 11.5 Å². The van der Waals surface area contributed by atoms with Gasteiger partial charge in [-0.1, -0.05) is 24.3 Å². The summed E-state index contributed by atoms with van der Waals surface area (Å²) in [5.74, 6) is 0.495. The largest absolute Gasteiger partial charge is 0.497 e. The van der Waals surface area contributed by atoms with E-state index >= 15 is 0 Å². The minimum Gasteiger partial charge on any atom is -0.497 e. The van der Waals surface area contributed by atoms with Crippen molar-refractivity contribution < 1.29 is 22.7 Å². The van der Waals surface area contributed by atoms with E-state index in [2.05, 4.69) is 4.72 Å². The van der Waals surface area contributed by atoms with E-state index in [1.807, 2.05) is 24.3 Å². The van der Waals surface area contributed by atoms with E-state index in [1.54, 1.807) is 41.3 Å². The van der Waals surface area contributed by atoms with Crippen molar-refractivity contribution in [3.63, 3.8) is 0 Å². The first-order valence-electron chi connectivity index (χ1n) is 10.2. The Bertz CT molecular complexity index is 1240. The molecule has 0 fully saturated rings. The number of sulfonamides is 1. The van der Waals surface area contributed by atoms with E-state index in [-0.39, 0.29) is 16.6 Å². The number of hydrogen-bond acceptors (Lipinski definition) is 5. The number of nitrogens with one attached hydrogen (secondary N) is 1. The molecule has 0 saturated carbocycles. The summed E-state index contributed by atoms with van der Waals surface area (Å²) in [6.07, 6.45) is 1.67. The van der Waals surface area contributed by atoms with Crippen LogP contribution in [0.25, 0.3) is 0 Å². The standard InChI is InChI=1S/C24H24N2O5S/c1-30-20-12-13-22(31-2)23(16-20)32(28,29)25-19-11-10-17-9-6-14-26(21(17)15-19)24(27)18-7-4-3-5-8-18/h3-5,7-8,10-13,15-16,25H,6,9,14H2,1-2H3. The average molecular weight is 453 g/mol. The lowest BCUT2D eigenvalue weighted by molar-refractivity contribution is 0.0985. The van der Waals surface area contributed by atoms with Crippen molar-refractivity contribution in [2.45, 2.75) is 17.7 Å². The second-order valence-electron chi connectivity index (χ2n) is 7.39. The number of hydrogen-bond donors (Lipinski definition) is 1. The molecule has 0 aromatic heterocycles. The first-order valence-corrected chi connectivity index (χ1v) is 11.7. The molecule has 0 aliphatic carbocycles. The van der Waals surface area contributed by atoms with Crippen molar-refractivity contribution in [1.29, 1.82) is 0 Å². The Kier molecular flexibility index (Phi) is 6.05. The third-order valence-electron chi connectivity index (χ3n) is 5.38. The van der Waals surface area contributed by atoms with Crippen LogP contribution in [0.1, 0.15) is 22.3 Å². The third-order valence-corrected chi connectivity index (χ3v) is 6.78. The smallest absolute Gasteiger partial charge is 0.265 e. The molecule has 1 N–H and O–H groups in total. The molecule has 1 heterocycles. The van der Waals surface area contributed by atoms with Gasteiger partial charge in [0.1, 0.15) is 16.4 Å². The summed E-state index contributed by atoms with van der Waals surface area (Å²) in [5, 5.41) is 0. The Morgan fingerprint density at radius 3 is 2.47 bits per heavy atom. The summed E-state index contributed by atoms with van der Waals surface area (Å²) in [5.41, 5.74) is 2.67. The summed E-state index contributed by atoms with van der Waals surface area (Å²) in [6.45, 7) is 0.570. The number of rotatable bonds is 6. The molecule has 0 atom stereocenters. The maximum Gasteiger partial charge on any atom is 0.265 e. The average Bonchev–Trinajstić information content (AvgIpc) is 2.83. The van der Waals surface area contributed by atoms with E-state index in [1.165, 1.54) is 20.3 Å². The lowest BCUT2D eigenvalue weighted by atomic mass is 10.00. The van der Waals surface area contributed by atoms with E-state index in [9.17, 15) is 13.2 Å². The normalized spacial score (nSPS) is 13.2. The van der Waals surface area contributed by atoms with Gasteiger partial charge in [-0.25, -0.2) is 8.42 Å². The Morgan fingerprint density at radius 2 is 1.75 bits per heavy atom. The number of amides is 1. The summed E-state index contributed by atoms with van der Waals surface area (Å²) >= 11 is 0. The van der Waals surface area contributed by atoms with Gasteiger partial charge in [-0.2, -0.15) is 0 Å². The van der Waals surface area contributed by atoms with Gasteiger partial charge < -0.3 is 14.4 Å². The van der Waals surface area contributed by atoms with Crippen LogP contribution in [0.15, 0.2) is 71.6 Å². The van der Waals surface area contributed by atoms with Crippen LogP contribution in [0.3, 0.4) is 0 Å². The molecule has 0 spiro atoms. The van der Waals surface area contributed by atoms with Crippen molar-refractivity contribution in [2.75, 3.05) is 30.4 Å². The van der Waals surface area contributed by atoms with Crippen LogP contribution in [0, 0.1) is 0 Å². The van der Waals surface area contributed by atoms with E-state index in [0.717, 1.165) is 18.4 Å². The summed E-state index contributed by atoms with van der Waals surface area (Å²) in [4.78, 5) is 14.8. The van der Waals surface area contributed by atoms with Crippen LogP contribution in [-0.4, -0.2) is 35.1 Å². The first-order chi connectivity index (χ1) is 15.4. The molecule has 8 heteroatoms. The number of fused-ring (bicyclic) bond motifs is 1. The quantitative estimate of drug-likeness (QED) is 0.609. The summed E-state index contributed by atoms with van der Waals surface area (Å²) < 4.78 is 39.3. The fraction of sp³-hybridized carbons (Fsp3) is 0.208. The lowest BCUT2D eigenvalue weighted by Crippen LogP contribution is -2.35. The van der Waals surface area contributed by atoms with E-state index in [0.29, 0.717) is 29.2 Å². The van der Waals surface area contributed by atoms with Crippen molar-refractivity contribution >= 4 is 27.3 Å². The van der Waals surface area contributed by atoms with Crippen LogP contribution in [-0.2, 0) is 16.4 Å². The molecule has 0 saturated heterocycles. The van der Waals surface area contributed by atoms with Gasteiger partial charge in [0, 0.05) is 23.9 Å². The molecule has 0 bridgehead atoms. The van der Waals surface area contributed by atoms with Gasteiger partial charge in [0.2, 0.25) is 0 Å². The predicted molar refractivity (Wildman–Crippen MR) is 123 cm³/mol. The lowest BCUT2D eigenvalue weighted by Gasteiger charge is -2.30. The number of ether oxygens (including phenoxy) is 2. The molecule has 7 nitrogen and oxygen atoms in total. The number of nitrogens with zero attached hydrogens (tertiary/aromatic N) is 1. The maximum atomic E-state index is 13.1. The van der Waals surface area contributed by atoms with Crippen molar-refractivity contribution in [1.82, 2.24) is 0 Å². The minimum absolute atomic E-state index is 0.0331. The number of carbonyl (C=O) groups is 1. The van der Waals surface area contributed by atoms with Gasteiger partial charge in [0.15, 0.2) is 0 Å². The van der Waals surface area contributed by atoms with Crippen LogP contribution in [0.4, 0.5) is 11.4 Å². The number of aryl methyl sites for hydroxylation is 1. The van der Waals surface area contributed by atoms with Gasteiger partial charge in [-0.05, 0) is 54.8 Å². The molecule has 0 radical (unpaired) electrons. The molecule has 1 aliphatic heterocycles. The maximum absolute atomic E-state index is 13.1. The zero-order valence-corrected chi connectivity index (χ0v) is 18.7. The van der Waals surface area contributed by atoms with Crippen molar-refractivity contribution in [3.05, 3.63) is 77.9 Å². The first kappa shape index (κ1) is 21.7. The van der Waals surface area contributed by atoms with Gasteiger partial charge in [-0.3, -0.25) is 9.52 Å². The minimum atomic E-state index is -3.96. The molecule has 4 rings (SSSR count). The molecule has 1 amide bonds. The molecule has 32 heavy (non-hydrogen) atoms. The topological polar surface area (TPSA) is 84.9 Å². The summed E-state index contributed by atoms with van der Waals surface area (Å²) in [7, 11) is -1.09. The van der Waals surface area contributed by atoms with Crippen LogP contribution < -0.4 is 19.1 Å². The Labute approximate surface area is 187 Å². The fourth-order valence-electron chi connectivity index (χ4n) is 3.79. The Balaban J connectivity index is 1.68. The molecule has 3 aromatic carbocycles.